The third-order valence-electron chi connectivity index (χ3n) is 3.69. The third kappa shape index (κ3) is 1.63. The van der Waals surface area contributed by atoms with E-state index in [1.165, 1.54) is 12.8 Å². The minimum atomic E-state index is 0.588. The fourth-order valence-electron chi connectivity index (χ4n) is 2.50. The molecule has 0 N–H and O–H groups in total. The Balaban J connectivity index is 1.98. The van der Waals surface area contributed by atoms with Gasteiger partial charge in [0.15, 0.2) is 5.58 Å². The van der Waals surface area contributed by atoms with Gasteiger partial charge in [-0.2, -0.15) is 0 Å². The zero-order valence-electron chi connectivity index (χ0n) is 10.6. The molecule has 1 aliphatic rings. The molecule has 2 aromatic heterocycles. The van der Waals surface area contributed by atoms with Crippen molar-refractivity contribution in [1.82, 2.24) is 15.1 Å². The van der Waals surface area contributed by atoms with Crippen LogP contribution in [0.3, 0.4) is 0 Å². The van der Waals surface area contributed by atoms with Crippen LogP contribution in [0.25, 0.3) is 22.1 Å². The van der Waals surface area contributed by atoms with Crippen molar-refractivity contribution in [2.45, 2.75) is 25.7 Å². The molecule has 4 rings (SSSR count). The van der Waals surface area contributed by atoms with E-state index in [9.17, 15) is 0 Å². The Bertz CT molecular complexity index is 759. The van der Waals surface area contributed by atoms with Crippen molar-refractivity contribution in [2.24, 2.45) is 0 Å². The van der Waals surface area contributed by atoms with Crippen molar-refractivity contribution in [3.63, 3.8) is 0 Å². The molecule has 2 heterocycles. The minimum Gasteiger partial charge on any atom is -0.355 e. The molecule has 4 nitrogen and oxygen atoms in total. The number of aromatic nitrogens is 3. The summed E-state index contributed by atoms with van der Waals surface area (Å²) in [7, 11) is 0. The quantitative estimate of drug-likeness (QED) is 0.699. The van der Waals surface area contributed by atoms with E-state index in [1.54, 1.807) is 6.33 Å². The number of fused-ring (bicyclic) bond motifs is 1. The van der Waals surface area contributed by atoms with Crippen molar-refractivity contribution in [3.8, 4) is 11.1 Å². The number of para-hydroxylation sites is 1. The van der Waals surface area contributed by atoms with Gasteiger partial charge in [-0.05, 0) is 25.8 Å². The first kappa shape index (κ1) is 10.7. The van der Waals surface area contributed by atoms with Crippen LogP contribution in [0.5, 0.6) is 0 Å². The Labute approximate surface area is 110 Å². The molecule has 0 aliphatic heterocycles. The SMILES string of the molecule is Cc1ncncc1-c1cccc2c(C3CC3)noc12. The van der Waals surface area contributed by atoms with E-state index in [2.05, 4.69) is 21.2 Å². The van der Waals surface area contributed by atoms with Gasteiger partial charge < -0.3 is 4.52 Å². The molecule has 19 heavy (non-hydrogen) atoms. The van der Waals surface area contributed by atoms with Crippen LogP contribution < -0.4 is 0 Å². The van der Waals surface area contributed by atoms with Crippen molar-refractivity contribution in [2.75, 3.05) is 0 Å². The summed E-state index contributed by atoms with van der Waals surface area (Å²) in [6.07, 6.45) is 5.84. The van der Waals surface area contributed by atoms with Gasteiger partial charge in [-0.25, -0.2) is 9.97 Å². The van der Waals surface area contributed by atoms with Crippen LogP contribution in [-0.2, 0) is 0 Å². The molecule has 0 bridgehead atoms. The Kier molecular flexibility index (Phi) is 2.18. The Morgan fingerprint density at radius 3 is 2.89 bits per heavy atom. The largest absolute Gasteiger partial charge is 0.355 e. The van der Waals surface area contributed by atoms with Crippen molar-refractivity contribution < 1.29 is 4.52 Å². The van der Waals surface area contributed by atoms with E-state index in [0.717, 1.165) is 33.5 Å². The lowest BCUT2D eigenvalue weighted by Gasteiger charge is -2.04. The molecule has 0 atom stereocenters. The Morgan fingerprint density at radius 1 is 1.21 bits per heavy atom. The zero-order valence-corrected chi connectivity index (χ0v) is 10.6. The first-order chi connectivity index (χ1) is 9.34. The summed E-state index contributed by atoms with van der Waals surface area (Å²) in [4.78, 5) is 8.35. The molecule has 3 aromatic rings. The first-order valence-electron chi connectivity index (χ1n) is 6.50. The van der Waals surface area contributed by atoms with Gasteiger partial charge in [-0.1, -0.05) is 17.3 Å². The number of aryl methyl sites for hydroxylation is 1. The van der Waals surface area contributed by atoms with Gasteiger partial charge in [-0.15, -0.1) is 0 Å². The average Bonchev–Trinajstić information content (AvgIpc) is 3.18. The average molecular weight is 251 g/mol. The standard InChI is InChI=1S/C15H13N3O/c1-9-13(7-16-8-17-9)11-3-2-4-12-14(10-5-6-10)18-19-15(11)12/h2-4,7-8,10H,5-6H2,1H3. The van der Waals surface area contributed by atoms with Crippen LogP contribution in [0.1, 0.15) is 30.1 Å². The highest BCUT2D eigenvalue weighted by atomic mass is 16.5. The fourth-order valence-corrected chi connectivity index (χ4v) is 2.50. The Hall–Kier alpha value is -2.23. The summed E-state index contributed by atoms with van der Waals surface area (Å²) in [6, 6.07) is 6.17. The summed E-state index contributed by atoms with van der Waals surface area (Å²) >= 11 is 0. The van der Waals surface area contributed by atoms with Crippen LogP contribution in [0.2, 0.25) is 0 Å². The molecular weight excluding hydrogens is 238 g/mol. The molecule has 1 aromatic carbocycles. The van der Waals surface area contributed by atoms with Gasteiger partial charge in [0.25, 0.3) is 0 Å². The summed E-state index contributed by atoms with van der Waals surface area (Å²) < 4.78 is 5.59. The van der Waals surface area contributed by atoms with Gasteiger partial charge in [0.05, 0.1) is 5.69 Å². The number of nitrogens with zero attached hydrogens (tertiary/aromatic N) is 3. The van der Waals surface area contributed by atoms with E-state index in [0.29, 0.717) is 5.92 Å². The smallest absolute Gasteiger partial charge is 0.175 e. The molecule has 0 unspecified atom stereocenters. The lowest BCUT2D eigenvalue weighted by molar-refractivity contribution is 0.447. The maximum Gasteiger partial charge on any atom is 0.175 e. The van der Waals surface area contributed by atoms with Crippen molar-refractivity contribution >= 4 is 11.0 Å². The van der Waals surface area contributed by atoms with Gasteiger partial charge >= 0.3 is 0 Å². The predicted octanol–water partition coefficient (Wildman–Crippen LogP) is 3.47. The molecule has 0 saturated heterocycles. The first-order valence-corrected chi connectivity index (χ1v) is 6.50. The number of hydrogen-bond donors (Lipinski definition) is 0. The maximum atomic E-state index is 5.59. The van der Waals surface area contributed by atoms with E-state index < -0.39 is 0 Å². The van der Waals surface area contributed by atoms with Crippen LogP contribution in [0.4, 0.5) is 0 Å². The summed E-state index contributed by atoms with van der Waals surface area (Å²) in [6.45, 7) is 1.98. The fraction of sp³-hybridized carbons (Fsp3) is 0.267. The maximum absolute atomic E-state index is 5.59. The van der Waals surface area contributed by atoms with Crippen molar-refractivity contribution in [1.29, 1.82) is 0 Å². The normalized spacial score (nSPS) is 15.0. The minimum absolute atomic E-state index is 0.588. The van der Waals surface area contributed by atoms with Gasteiger partial charge in [0.1, 0.15) is 6.33 Å². The number of rotatable bonds is 2. The molecule has 0 radical (unpaired) electrons. The lowest BCUT2D eigenvalue weighted by Crippen LogP contribution is -1.89. The highest BCUT2D eigenvalue weighted by molar-refractivity contribution is 5.94. The summed E-state index contributed by atoms with van der Waals surface area (Å²) in [5.74, 6) is 0.588. The molecular formula is C15H13N3O. The van der Waals surface area contributed by atoms with E-state index in [-0.39, 0.29) is 0 Å². The highest BCUT2D eigenvalue weighted by Gasteiger charge is 2.29. The second-order valence-electron chi connectivity index (χ2n) is 5.05. The molecule has 1 fully saturated rings. The number of benzene rings is 1. The lowest BCUT2D eigenvalue weighted by atomic mass is 10.0. The van der Waals surface area contributed by atoms with Crippen molar-refractivity contribution in [3.05, 3.63) is 42.1 Å². The predicted molar refractivity (Wildman–Crippen MR) is 71.7 cm³/mol. The molecule has 1 saturated carbocycles. The highest BCUT2D eigenvalue weighted by Crippen LogP contribution is 2.43. The van der Waals surface area contributed by atoms with E-state index in [4.69, 9.17) is 4.52 Å². The zero-order chi connectivity index (χ0) is 12.8. The molecule has 1 aliphatic carbocycles. The van der Waals surface area contributed by atoms with Crippen LogP contribution in [0, 0.1) is 6.92 Å². The van der Waals surface area contributed by atoms with Crippen LogP contribution in [0.15, 0.2) is 35.2 Å². The summed E-state index contributed by atoms with van der Waals surface area (Å²) in [5.41, 5.74) is 4.93. The molecule has 94 valence electrons. The van der Waals surface area contributed by atoms with Crippen LogP contribution in [-0.4, -0.2) is 15.1 Å². The molecule has 0 spiro atoms. The number of hydrogen-bond acceptors (Lipinski definition) is 4. The Morgan fingerprint density at radius 2 is 2.11 bits per heavy atom. The molecule has 0 amide bonds. The van der Waals surface area contributed by atoms with Gasteiger partial charge in [0.2, 0.25) is 0 Å². The second kappa shape index (κ2) is 3.88. The second-order valence-corrected chi connectivity index (χ2v) is 5.05. The topological polar surface area (TPSA) is 51.8 Å². The summed E-state index contributed by atoms with van der Waals surface area (Å²) in [5, 5.41) is 5.39. The third-order valence-corrected chi connectivity index (χ3v) is 3.69. The van der Waals surface area contributed by atoms with Gasteiger partial charge in [-0.3, -0.25) is 0 Å². The van der Waals surface area contributed by atoms with E-state index >= 15 is 0 Å². The van der Waals surface area contributed by atoms with Gasteiger partial charge in [0, 0.05) is 34.3 Å². The van der Waals surface area contributed by atoms with Crippen LogP contribution >= 0.6 is 0 Å². The van der Waals surface area contributed by atoms with E-state index in [1.807, 2.05) is 25.3 Å². The monoisotopic (exact) mass is 251 g/mol. The molecule has 4 heteroatoms.